The van der Waals surface area contributed by atoms with Crippen LogP contribution in [0.5, 0.6) is 0 Å². The third-order valence-corrected chi connectivity index (χ3v) is 3.03. The molecule has 0 fully saturated rings. The molecule has 2 amide bonds. The minimum atomic E-state index is -0.790. The van der Waals surface area contributed by atoms with Gasteiger partial charge in [0.2, 0.25) is 5.91 Å². The number of amides is 2. The maximum absolute atomic E-state index is 12.1. The zero-order chi connectivity index (χ0) is 16.7. The van der Waals surface area contributed by atoms with E-state index in [0.29, 0.717) is 12.0 Å². The fourth-order valence-electron chi connectivity index (χ4n) is 1.86. The van der Waals surface area contributed by atoms with Crippen molar-refractivity contribution in [1.29, 1.82) is 0 Å². The first-order valence-electron chi connectivity index (χ1n) is 7.06. The molecule has 0 radical (unpaired) electrons. The highest BCUT2D eigenvalue weighted by Gasteiger charge is 2.25. The van der Waals surface area contributed by atoms with Crippen molar-refractivity contribution in [3.63, 3.8) is 0 Å². The molecule has 7 nitrogen and oxygen atoms in total. The Morgan fingerprint density at radius 1 is 1.23 bits per heavy atom. The van der Waals surface area contributed by atoms with Crippen LogP contribution < -0.4 is 10.6 Å². The quantitative estimate of drug-likeness (QED) is 0.735. The summed E-state index contributed by atoms with van der Waals surface area (Å²) in [6, 6.07) is -0.0248. The second-order valence-corrected chi connectivity index (χ2v) is 5.42. The van der Waals surface area contributed by atoms with Crippen LogP contribution in [0.2, 0.25) is 0 Å². The number of rotatable bonds is 7. The number of esters is 1. The zero-order valence-electron chi connectivity index (χ0n) is 13.2. The summed E-state index contributed by atoms with van der Waals surface area (Å²) in [5, 5.41) is 5.13. The van der Waals surface area contributed by atoms with E-state index in [1.165, 1.54) is 32.6 Å². The molecule has 2 atom stereocenters. The molecule has 0 aliphatic carbocycles. The highest BCUT2D eigenvalue weighted by atomic mass is 16.5. The largest absolute Gasteiger partial charge is 0.472 e. The lowest BCUT2D eigenvalue weighted by molar-refractivity contribution is -0.145. The zero-order valence-corrected chi connectivity index (χ0v) is 13.2. The second kappa shape index (κ2) is 8.21. The van der Waals surface area contributed by atoms with Crippen molar-refractivity contribution in [2.24, 2.45) is 5.92 Å². The fourth-order valence-corrected chi connectivity index (χ4v) is 1.86. The van der Waals surface area contributed by atoms with E-state index < -0.39 is 29.9 Å². The van der Waals surface area contributed by atoms with Crippen LogP contribution in [0.3, 0.4) is 0 Å². The lowest BCUT2D eigenvalue weighted by Crippen LogP contribution is -2.50. The smallest absolute Gasteiger partial charge is 0.328 e. The van der Waals surface area contributed by atoms with Gasteiger partial charge < -0.3 is 19.8 Å². The first kappa shape index (κ1) is 17.7. The van der Waals surface area contributed by atoms with Gasteiger partial charge >= 0.3 is 5.97 Å². The van der Waals surface area contributed by atoms with Gasteiger partial charge in [0.25, 0.3) is 5.91 Å². The predicted molar refractivity (Wildman–Crippen MR) is 79.0 cm³/mol. The van der Waals surface area contributed by atoms with Gasteiger partial charge in [-0.1, -0.05) is 13.8 Å². The van der Waals surface area contributed by atoms with Crippen LogP contribution in [0.15, 0.2) is 23.0 Å². The topological polar surface area (TPSA) is 97.6 Å². The van der Waals surface area contributed by atoms with Gasteiger partial charge in [0.05, 0.1) is 18.9 Å². The number of hydrogen-bond acceptors (Lipinski definition) is 5. The lowest BCUT2D eigenvalue weighted by atomic mass is 10.0. The number of nitrogens with one attached hydrogen (secondary N) is 2. The molecule has 0 bridgehead atoms. The van der Waals surface area contributed by atoms with Gasteiger partial charge in [-0.05, 0) is 25.3 Å². The summed E-state index contributed by atoms with van der Waals surface area (Å²) in [7, 11) is 1.27. The Kier molecular flexibility index (Phi) is 6.62. The Hall–Kier alpha value is -2.31. The van der Waals surface area contributed by atoms with Crippen LogP contribution in [0.1, 0.15) is 37.6 Å². The van der Waals surface area contributed by atoms with Gasteiger partial charge in [-0.2, -0.15) is 0 Å². The Morgan fingerprint density at radius 3 is 2.41 bits per heavy atom. The first-order valence-corrected chi connectivity index (χ1v) is 7.06. The van der Waals surface area contributed by atoms with Gasteiger partial charge in [0.15, 0.2) is 0 Å². The molecule has 1 aromatic rings. The van der Waals surface area contributed by atoms with Crippen LogP contribution in [-0.4, -0.2) is 37.0 Å². The molecule has 122 valence electrons. The summed E-state index contributed by atoms with van der Waals surface area (Å²) in [5.41, 5.74) is 0.325. The second-order valence-electron chi connectivity index (χ2n) is 5.42. The van der Waals surface area contributed by atoms with Gasteiger partial charge in [-0.25, -0.2) is 4.79 Å². The van der Waals surface area contributed by atoms with E-state index in [2.05, 4.69) is 15.4 Å². The van der Waals surface area contributed by atoms with E-state index in [9.17, 15) is 14.4 Å². The lowest BCUT2D eigenvalue weighted by Gasteiger charge is -2.21. The average molecular weight is 310 g/mol. The van der Waals surface area contributed by atoms with Crippen LogP contribution in [0.4, 0.5) is 0 Å². The van der Waals surface area contributed by atoms with Gasteiger partial charge in [0.1, 0.15) is 18.3 Å². The van der Waals surface area contributed by atoms with Gasteiger partial charge in [-0.15, -0.1) is 0 Å². The average Bonchev–Trinajstić information content (AvgIpc) is 2.99. The minimum Gasteiger partial charge on any atom is -0.472 e. The normalized spacial score (nSPS) is 13.3. The monoisotopic (exact) mass is 310 g/mol. The molecule has 1 rings (SSSR count). The summed E-state index contributed by atoms with van der Waals surface area (Å²) in [4.78, 5) is 35.6. The van der Waals surface area contributed by atoms with Crippen molar-refractivity contribution < 1.29 is 23.5 Å². The van der Waals surface area contributed by atoms with E-state index in [4.69, 9.17) is 4.42 Å². The Morgan fingerprint density at radius 2 is 1.91 bits per heavy atom. The standard InChI is InChI=1S/C15H22N2O5/c1-9(2)7-12(15(20)21-4)17-13(18)10(3)16-14(19)11-5-6-22-8-11/h5-6,8-10,12H,7H2,1-4H3,(H,16,19)(H,17,18)/t10-,12+/m1/s1. The number of furan rings is 1. The van der Waals surface area contributed by atoms with Crippen LogP contribution in [-0.2, 0) is 14.3 Å². The number of hydrogen-bond donors (Lipinski definition) is 2. The van der Waals surface area contributed by atoms with E-state index in [1.54, 1.807) is 0 Å². The Bertz CT molecular complexity index is 510. The number of methoxy groups -OCH3 is 1. The molecule has 0 aliphatic heterocycles. The van der Waals surface area contributed by atoms with E-state index >= 15 is 0 Å². The molecule has 0 saturated heterocycles. The molecule has 1 heterocycles. The Labute approximate surface area is 129 Å². The summed E-state index contributed by atoms with van der Waals surface area (Å²) in [6.07, 6.45) is 3.12. The molecule has 0 spiro atoms. The number of carbonyl (C=O) groups is 3. The molecule has 0 saturated carbocycles. The number of ether oxygens (including phenoxy) is 1. The molecule has 0 aliphatic rings. The number of carbonyl (C=O) groups excluding carboxylic acids is 3. The molecular weight excluding hydrogens is 288 g/mol. The Balaban J connectivity index is 2.60. The summed E-state index contributed by atoms with van der Waals surface area (Å²) < 4.78 is 9.49. The van der Waals surface area contributed by atoms with Crippen molar-refractivity contribution in [2.45, 2.75) is 39.3 Å². The fraction of sp³-hybridized carbons (Fsp3) is 0.533. The van der Waals surface area contributed by atoms with Crippen LogP contribution in [0, 0.1) is 5.92 Å². The van der Waals surface area contributed by atoms with Crippen molar-refractivity contribution in [3.8, 4) is 0 Å². The third-order valence-electron chi connectivity index (χ3n) is 3.03. The van der Waals surface area contributed by atoms with Crippen LogP contribution in [0.25, 0.3) is 0 Å². The summed E-state index contributed by atoms with van der Waals surface area (Å²) in [5.74, 6) is -1.17. The van der Waals surface area contributed by atoms with Crippen molar-refractivity contribution in [2.75, 3.05) is 7.11 Å². The molecule has 1 aromatic heterocycles. The first-order chi connectivity index (χ1) is 10.3. The molecule has 0 aromatic carbocycles. The van der Waals surface area contributed by atoms with Crippen molar-refractivity contribution in [3.05, 3.63) is 24.2 Å². The summed E-state index contributed by atoms with van der Waals surface area (Å²) in [6.45, 7) is 5.41. The highest BCUT2D eigenvalue weighted by Crippen LogP contribution is 2.07. The van der Waals surface area contributed by atoms with Crippen molar-refractivity contribution >= 4 is 17.8 Å². The summed E-state index contributed by atoms with van der Waals surface area (Å²) >= 11 is 0. The van der Waals surface area contributed by atoms with Gasteiger partial charge in [-0.3, -0.25) is 9.59 Å². The minimum absolute atomic E-state index is 0.209. The molecular formula is C15H22N2O5. The molecule has 22 heavy (non-hydrogen) atoms. The van der Waals surface area contributed by atoms with Gasteiger partial charge in [0, 0.05) is 0 Å². The molecule has 0 unspecified atom stereocenters. The van der Waals surface area contributed by atoms with Crippen LogP contribution >= 0.6 is 0 Å². The predicted octanol–water partition coefficient (Wildman–Crippen LogP) is 1.10. The van der Waals surface area contributed by atoms with Crippen molar-refractivity contribution in [1.82, 2.24) is 10.6 Å². The molecule has 7 heteroatoms. The molecule has 2 N–H and O–H groups in total. The third kappa shape index (κ3) is 5.23. The maximum Gasteiger partial charge on any atom is 0.328 e. The highest BCUT2D eigenvalue weighted by molar-refractivity contribution is 5.97. The maximum atomic E-state index is 12.1. The SMILES string of the molecule is COC(=O)[C@H](CC(C)C)NC(=O)[C@@H](C)NC(=O)c1ccoc1. The van der Waals surface area contributed by atoms with E-state index in [0.717, 1.165) is 0 Å². The van der Waals surface area contributed by atoms with E-state index in [1.807, 2.05) is 13.8 Å². The van der Waals surface area contributed by atoms with E-state index in [-0.39, 0.29) is 5.92 Å².